The lowest BCUT2D eigenvalue weighted by Gasteiger charge is -2.36. The maximum atomic E-state index is 14.0. The number of aromatic nitrogens is 2. The number of amides is 3. The molecule has 1 aromatic heterocycles. The highest BCUT2D eigenvalue weighted by atomic mass is 35.5. The number of benzene rings is 3. The number of halogens is 3. The molecule has 1 aliphatic heterocycles. The molecule has 3 amide bonds. The summed E-state index contributed by atoms with van der Waals surface area (Å²) in [6.07, 6.45) is 3.18. The first kappa shape index (κ1) is 42.2. The van der Waals surface area contributed by atoms with Crippen LogP contribution in [0.4, 0.5) is 5.82 Å². The molecule has 3 aromatic carbocycles. The highest BCUT2D eigenvalue weighted by molar-refractivity contribution is 5.98. The maximum absolute atomic E-state index is 14.0. The van der Waals surface area contributed by atoms with Crippen molar-refractivity contribution < 1.29 is 19.1 Å². The van der Waals surface area contributed by atoms with E-state index in [2.05, 4.69) is 32.7 Å². The monoisotopic (exact) mass is 745 g/mol. The van der Waals surface area contributed by atoms with Crippen molar-refractivity contribution in [3.05, 3.63) is 120 Å². The van der Waals surface area contributed by atoms with Crippen molar-refractivity contribution in [3.63, 3.8) is 0 Å². The topological polar surface area (TPSA) is 135 Å². The number of nitrogens with one attached hydrogen (secondary N) is 2. The van der Waals surface area contributed by atoms with Crippen LogP contribution in [0.25, 0.3) is 0 Å². The second-order valence-corrected chi connectivity index (χ2v) is 12.3. The first-order chi connectivity index (χ1) is 22.7. The van der Waals surface area contributed by atoms with Crippen molar-refractivity contribution in [1.29, 1.82) is 0 Å². The summed E-state index contributed by atoms with van der Waals surface area (Å²) < 4.78 is 7.51. The lowest BCUT2D eigenvalue weighted by molar-refractivity contribution is -0.135. The van der Waals surface area contributed by atoms with Crippen LogP contribution in [-0.4, -0.2) is 81.4 Å². The second kappa shape index (κ2) is 20.0. The van der Waals surface area contributed by atoms with Gasteiger partial charge < -0.3 is 30.6 Å². The maximum Gasteiger partial charge on any atom is 0.250 e. The van der Waals surface area contributed by atoms with Gasteiger partial charge in [-0.1, -0.05) is 91.0 Å². The Labute approximate surface area is 312 Å². The van der Waals surface area contributed by atoms with E-state index in [1.54, 1.807) is 30.9 Å². The number of anilines is 1. The number of nitrogens with two attached hydrogens (primary N) is 1. The third kappa shape index (κ3) is 11.8. The molecule has 50 heavy (non-hydrogen) atoms. The zero-order valence-corrected chi connectivity index (χ0v) is 30.6. The third-order valence-corrected chi connectivity index (χ3v) is 8.04. The Kier molecular flexibility index (Phi) is 16.9. The molecule has 1 fully saturated rings. The van der Waals surface area contributed by atoms with Gasteiger partial charge in [-0.15, -0.1) is 37.2 Å². The van der Waals surface area contributed by atoms with E-state index in [1.165, 1.54) is 5.56 Å². The van der Waals surface area contributed by atoms with Gasteiger partial charge in [0.1, 0.15) is 12.1 Å². The van der Waals surface area contributed by atoms with E-state index in [0.717, 1.165) is 30.8 Å². The first-order valence-electron chi connectivity index (χ1n) is 15.8. The summed E-state index contributed by atoms with van der Waals surface area (Å²) in [5.74, 6) is -0.815. The SMILES string of the molecule is CC(C)(N)C(=O)N[C@H](COCc1ccccc1)C(=O)Nc1cn(C(C(=O)N2CCN(Cc3ccccc3)CC2)c2ccccc2)cn1.Cl.Cl.Cl. The number of imidazole rings is 1. The molecular formula is C36H46Cl3N7O4. The molecule has 4 N–H and O–H groups in total. The molecule has 270 valence electrons. The van der Waals surface area contributed by atoms with Crippen molar-refractivity contribution in [2.45, 2.75) is 44.6 Å². The molecule has 5 rings (SSSR count). The third-order valence-electron chi connectivity index (χ3n) is 8.04. The number of nitrogens with zero attached hydrogens (tertiary/aromatic N) is 4. The molecule has 14 heteroatoms. The molecule has 2 heterocycles. The number of rotatable bonds is 13. The highest BCUT2D eigenvalue weighted by Gasteiger charge is 2.31. The Morgan fingerprint density at radius 1 is 0.840 bits per heavy atom. The van der Waals surface area contributed by atoms with Crippen LogP contribution in [0.5, 0.6) is 0 Å². The van der Waals surface area contributed by atoms with Crippen LogP contribution in [0.1, 0.15) is 36.6 Å². The zero-order valence-electron chi connectivity index (χ0n) is 28.1. The smallest absolute Gasteiger partial charge is 0.250 e. The highest BCUT2D eigenvalue weighted by Crippen LogP contribution is 2.24. The number of hydrogen-bond acceptors (Lipinski definition) is 7. The summed E-state index contributed by atoms with van der Waals surface area (Å²) in [5, 5.41) is 5.48. The van der Waals surface area contributed by atoms with E-state index in [-0.39, 0.29) is 62.2 Å². The molecule has 11 nitrogen and oxygen atoms in total. The number of piperazine rings is 1. The van der Waals surface area contributed by atoms with Crippen LogP contribution in [0.2, 0.25) is 0 Å². The Hall–Kier alpha value is -3.97. The molecule has 0 aliphatic carbocycles. The summed E-state index contributed by atoms with van der Waals surface area (Å²) in [6.45, 7) is 6.91. The van der Waals surface area contributed by atoms with Crippen molar-refractivity contribution in [2.24, 2.45) is 5.73 Å². The number of hydrogen-bond donors (Lipinski definition) is 3. The minimum Gasteiger partial charge on any atom is -0.374 e. The fraction of sp³-hybridized carbons (Fsp3) is 0.333. The van der Waals surface area contributed by atoms with E-state index < -0.39 is 29.4 Å². The normalized spacial score (nSPS) is 14.2. The van der Waals surface area contributed by atoms with Gasteiger partial charge in [0, 0.05) is 38.9 Å². The Balaban J connectivity index is 0.00000289. The lowest BCUT2D eigenvalue weighted by atomic mass is 10.0. The van der Waals surface area contributed by atoms with Crippen LogP contribution in [0.3, 0.4) is 0 Å². The molecule has 0 spiro atoms. The Morgan fingerprint density at radius 3 is 1.98 bits per heavy atom. The van der Waals surface area contributed by atoms with Crippen molar-refractivity contribution in [2.75, 3.05) is 38.1 Å². The second-order valence-electron chi connectivity index (χ2n) is 12.3. The summed E-state index contributed by atoms with van der Waals surface area (Å²) in [5.41, 5.74) is 7.78. The van der Waals surface area contributed by atoms with Crippen LogP contribution >= 0.6 is 37.2 Å². The molecule has 1 unspecified atom stereocenters. The first-order valence-corrected chi connectivity index (χ1v) is 15.8. The van der Waals surface area contributed by atoms with E-state index in [1.807, 2.05) is 83.8 Å². The van der Waals surface area contributed by atoms with Gasteiger partial charge in [0.2, 0.25) is 11.8 Å². The van der Waals surface area contributed by atoms with Crippen LogP contribution in [-0.2, 0) is 32.3 Å². The van der Waals surface area contributed by atoms with E-state index in [9.17, 15) is 14.4 Å². The molecule has 4 aromatic rings. The van der Waals surface area contributed by atoms with Crippen LogP contribution < -0.4 is 16.4 Å². The fourth-order valence-corrected chi connectivity index (χ4v) is 5.37. The van der Waals surface area contributed by atoms with Gasteiger partial charge in [-0.3, -0.25) is 19.3 Å². The zero-order chi connectivity index (χ0) is 33.2. The summed E-state index contributed by atoms with van der Waals surface area (Å²) >= 11 is 0. The van der Waals surface area contributed by atoms with Crippen molar-refractivity contribution >= 4 is 60.8 Å². The fourth-order valence-electron chi connectivity index (χ4n) is 5.37. The van der Waals surface area contributed by atoms with Crippen molar-refractivity contribution in [1.82, 2.24) is 24.7 Å². The van der Waals surface area contributed by atoms with E-state index in [0.29, 0.717) is 13.1 Å². The quantitative estimate of drug-likeness (QED) is 0.184. The molecule has 0 bridgehead atoms. The molecule has 1 saturated heterocycles. The van der Waals surface area contributed by atoms with Gasteiger partial charge in [0.25, 0.3) is 5.91 Å². The summed E-state index contributed by atoms with van der Waals surface area (Å²) in [4.78, 5) is 48.8. The van der Waals surface area contributed by atoms with Gasteiger partial charge in [-0.2, -0.15) is 0 Å². The minimum absolute atomic E-state index is 0. The largest absolute Gasteiger partial charge is 0.374 e. The summed E-state index contributed by atoms with van der Waals surface area (Å²) in [7, 11) is 0. The lowest BCUT2D eigenvalue weighted by Crippen LogP contribution is -2.56. The number of carbonyl (C=O) groups excluding carboxylic acids is 3. The van der Waals surface area contributed by atoms with E-state index in [4.69, 9.17) is 10.5 Å². The van der Waals surface area contributed by atoms with E-state index >= 15 is 0 Å². The summed E-state index contributed by atoms with van der Waals surface area (Å²) in [6, 6.07) is 27.7. The number of ether oxygens (including phenoxy) is 1. The average molecular weight is 747 g/mol. The van der Waals surface area contributed by atoms with Crippen LogP contribution in [0.15, 0.2) is 104 Å². The van der Waals surface area contributed by atoms with Crippen molar-refractivity contribution in [3.8, 4) is 0 Å². The molecule has 0 saturated carbocycles. The average Bonchev–Trinajstić information content (AvgIpc) is 3.53. The predicted molar refractivity (Wildman–Crippen MR) is 202 cm³/mol. The van der Waals surface area contributed by atoms with Gasteiger partial charge in [0.05, 0.1) is 25.1 Å². The molecule has 1 aliphatic rings. The Morgan fingerprint density at radius 2 is 1.40 bits per heavy atom. The predicted octanol–water partition coefficient (Wildman–Crippen LogP) is 4.46. The minimum atomic E-state index is -1.20. The van der Waals surface area contributed by atoms with Gasteiger partial charge in [-0.25, -0.2) is 4.98 Å². The van der Waals surface area contributed by atoms with Gasteiger partial charge >= 0.3 is 0 Å². The molecule has 0 radical (unpaired) electrons. The molecular weight excluding hydrogens is 701 g/mol. The standard InChI is InChI=1S/C36H43N7O4.3ClH/c1-36(2,37)35(46)39-30(25-47-24-28-14-8-4-9-15-28)33(44)40-31-23-43(26-38-31)32(29-16-10-5-11-17-29)34(45)42-20-18-41(19-21-42)22-27-12-6-3-7-13-27;;;/h3-17,23,26,30,32H,18-22,24-25,37H2,1-2H3,(H,39,46)(H,40,44);3*1H/t30-,32?;;;/m1.../s1. The van der Waals surface area contributed by atoms with Crippen LogP contribution in [0, 0.1) is 0 Å². The Bertz CT molecular complexity index is 1610. The molecule has 2 atom stereocenters. The number of carbonyl (C=O) groups is 3. The van der Waals surface area contributed by atoms with Gasteiger partial charge in [-0.05, 0) is 30.5 Å². The van der Waals surface area contributed by atoms with Gasteiger partial charge in [0.15, 0.2) is 5.82 Å².